The summed E-state index contributed by atoms with van der Waals surface area (Å²) in [7, 11) is 0. The fourth-order valence-corrected chi connectivity index (χ4v) is 2.58. The Hall–Kier alpha value is -0.890. The van der Waals surface area contributed by atoms with Crippen molar-refractivity contribution in [1.29, 1.82) is 0 Å². The number of aromatic nitrogens is 2. The minimum Gasteiger partial charge on any atom is -0.419 e. The Bertz CT molecular complexity index is 444. The summed E-state index contributed by atoms with van der Waals surface area (Å²) < 4.78 is 5.47. The molecule has 0 amide bonds. The van der Waals surface area contributed by atoms with Crippen molar-refractivity contribution in [2.45, 2.75) is 11.9 Å². The Morgan fingerprint density at radius 3 is 3.06 bits per heavy atom. The minimum atomic E-state index is -0.695. The Labute approximate surface area is 107 Å². The number of aliphatic hydroxyl groups excluding tert-OH is 2. The highest BCUT2D eigenvalue weighted by atomic mass is 32.2. The van der Waals surface area contributed by atoms with Crippen LogP contribution in [0.15, 0.2) is 21.9 Å². The van der Waals surface area contributed by atoms with E-state index in [1.165, 1.54) is 11.8 Å². The molecular weight excluding hydrogens is 260 g/mol. The molecule has 2 heterocycles. The van der Waals surface area contributed by atoms with Crippen LogP contribution < -0.4 is 0 Å². The Balaban J connectivity index is 1.87. The van der Waals surface area contributed by atoms with E-state index in [1.807, 2.05) is 17.5 Å². The number of thiophene rings is 1. The summed E-state index contributed by atoms with van der Waals surface area (Å²) in [5.41, 5.74) is 0. The fourth-order valence-electron chi connectivity index (χ4n) is 1.15. The van der Waals surface area contributed by atoms with Crippen LogP contribution in [-0.4, -0.2) is 38.9 Å². The number of hydrogen-bond acceptors (Lipinski definition) is 7. The second-order valence-electron chi connectivity index (χ2n) is 3.33. The largest absolute Gasteiger partial charge is 0.419 e. The number of aliphatic hydroxyl groups is 2. The van der Waals surface area contributed by atoms with Crippen LogP contribution in [0.2, 0.25) is 0 Å². The Morgan fingerprint density at radius 1 is 1.47 bits per heavy atom. The molecule has 2 N–H and O–H groups in total. The smallest absolute Gasteiger partial charge is 0.257 e. The summed E-state index contributed by atoms with van der Waals surface area (Å²) >= 11 is 2.99. The van der Waals surface area contributed by atoms with E-state index in [4.69, 9.17) is 14.6 Å². The zero-order chi connectivity index (χ0) is 12.1. The second-order valence-corrected chi connectivity index (χ2v) is 5.31. The van der Waals surface area contributed by atoms with Gasteiger partial charge < -0.3 is 14.6 Å². The first-order chi connectivity index (χ1) is 8.29. The molecule has 5 nitrogen and oxygen atoms in total. The third kappa shape index (κ3) is 3.53. The van der Waals surface area contributed by atoms with E-state index in [2.05, 4.69) is 10.2 Å². The van der Waals surface area contributed by atoms with E-state index in [0.717, 1.165) is 4.88 Å². The van der Waals surface area contributed by atoms with Crippen molar-refractivity contribution < 1.29 is 14.6 Å². The van der Waals surface area contributed by atoms with Crippen LogP contribution in [0, 0.1) is 0 Å². The number of nitrogens with zero attached hydrogens (tertiary/aromatic N) is 2. The molecule has 0 aliphatic rings. The van der Waals surface area contributed by atoms with E-state index in [-0.39, 0.29) is 6.61 Å². The van der Waals surface area contributed by atoms with E-state index in [0.29, 0.717) is 23.3 Å². The van der Waals surface area contributed by atoms with Crippen LogP contribution in [0.3, 0.4) is 0 Å². The highest BCUT2D eigenvalue weighted by Gasteiger charge is 2.10. The zero-order valence-electron chi connectivity index (χ0n) is 8.94. The molecule has 2 aromatic heterocycles. The second kappa shape index (κ2) is 6.15. The Morgan fingerprint density at radius 2 is 2.35 bits per heavy atom. The van der Waals surface area contributed by atoms with Crippen molar-refractivity contribution in [2.75, 3.05) is 12.4 Å². The molecule has 1 atom stereocenters. The van der Waals surface area contributed by atoms with Crippen LogP contribution in [0.4, 0.5) is 0 Å². The topological polar surface area (TPSA) is 79.4 Å². The molecule has 0 unspecified atom stereocenters. The van der Waals surface area contributed by atoms with Gasteiger partial charge in [0.2, 0.25) is 5.89 Å². The predicted molar refractivity (Wildman–Crippen MR) is 66.9 cm³/mol. The van der Waals surface area contributed by atoms with Crippen LogP contribution in [0.1, 0.15) is 5.89 Å². The lowest BCUT2D eigenvalue weighted by Gasteiger charge is -2.03. The average Bonchev–Trinajstić information content (AvgIpc) is 2.98. The molecule has 2 rings (SSSR count). The molecule has 0 saturated carbocycles. The van der Waals surface area contributed by atoms with E-state index in [1.54, 1.807) is 11.3 Å². The molecule has 17 heavy (non-hydrogen) atoms. The molecule has 0 spiro atoms. The quantitative estimate of drug-likeness (QED) is 0.827. The maximum Gasteiger partial charge on any atom is 0.257 e. The molecule has 0 saturated heterocycles. The van der Waals surface area contributed by atoms with Gasteiger partial charge in [-0.3, -0.25) is 0 Å². The van der Waals surface area contributed by atoms with Gasteiger partial charge in [0.25, 0.3) is 5.89 Å². The van der Waals surface area contributed by atoms with E-state index >= 15 is 0 Å². The van der Waals surface area contributed by atoms with Gasteiger partial charge in [-0.15, -0.1) is 33.3 Å². The third-order valence-electron chi connectivity index (χ3n) is 1.95. The van der Waals surface area contributed by atoms with Gasteiger partial charge in [-0.2, -0.15) is 0 Å². The predicted octanol–water partition coefficient (Wildman–Crippen LogP) is 1.38. The Kier molecular flexibility index (Phi) is 4.55. The maximum absolute atomic E-state index is 9.16. The SMILES string of the molecule is OC[C@@H](O)CSCc1nnc(-c2cccs2)o1. The first-order valence-corrected chi connectivity index (χ1v) is 7.06. The first kappa shape index (κ1) is 12.6. The molecule has 2 aromatic rings. The highest BCUT2D eigenvalue weighted by Crippen LogP contribution is 2.24. The number of hydrogen-bond donors (Lipinski definition) is 2. The molecule has 7 heteroatoms. The van der Waals surface area contributed by atoms with Gasteiger partial charge in [-0.1, -0.05) is 6.07 Å². The van der Waals surface area contributed by atoms with Crippen molar-refractivity contribution in [3.8, 4) is 10.8 Å². The van der Waals surface area contributed by atoms with E-state index in [9.17, 15) is 0 Å². The van der Waals surface area contributed by atoms with Gasteiger partial charge in [-0.25, -0.2) is 0 Å². The van der Waals surface area contributed by atoms with Gasteiger partial charge in [-0.05, 0) is 11.4 Å². The van der Waals surface area contributed by atoms with Gasteiger partial charge >= 0.3 is 0 Å². The molecule has 0 radical (unpaired) electrons. The first-order valence-electron chi connectivity index (χ1n) is 5.02. The minimum absolute atomic E-state index is 0.225. The summed E-state index contributed by atoms with van der Waals surface area (Å²) in [6.07, 6.45) is -0.695. The van der Waals surface area contributed by atoms with Gasteiger partial charge in [0.1, 0.15) is 0 Å². The van der Waals surface area contributed by atoms with Crippen molar-refractivity contribution >= 4 is 23.1 Å². The molecule has 0 bridgehead atoms. The summed E-state index contributed by atoms with van der Waals surface area (Å²) in [4.78, 5) is 0.948. The van der Waals surface area contributed by atoms with Crippen molar-refractivity contribution in [2.24, 2.45) is 0 Å². The van der Waals surface area contributed by atoms with Gasteiger partial charge in [0, 0.05) is 5.75 Å². The van der Waals surface area contributed by atoms with Crippen molar-refractivity contribution in [1.82, 2.24) is 10.2 Å². The molecular formula is C10H12N2O3S2. The van der Waals surface area contributed by atoms with Crippen molar-refractivity contribution in [3.05, 3.63) is 23.4 Å². The number of thioether (sulfide) groups is 1. The summed E-state index contributed by atoms with van der Waals surface area (Å²) in [6.45, 7) is -0.225. The average molecular weight is 272 g/mol. The highest BCUT2D eigenvalue weighted by molar-refractivity contribution is 7.98. The summed E-state index contributed by atoms with van der Waals surface area (Å²) in [5.74, 6) is 2.05. The summed E-state index contributed by atoms with van der Waals surface area (Å²) in [5, 5.41) is 27.6. The molecule has 0 fully saturated rings. The van der Waals surface area contributed by atoms with Crippen LogP contribution in [0.5, 0.6) is 0 Å². The van der Waals surface area contributed by atoms with Crippen LogP contribution in [-0.2, 0) is 5.75 Å². The standard InChI is InChI=1S/C10H12N2O3S2/c13-4-7(14)5-16-6-9-11-12-10(15-9)8-2-1-3-17-8/h1-3,7,13-14H,4-6H2/t7-/m1/s1. The molecule has 0 aliphatic heterocycles. The van der Waals surface area contributed by atoms with E-state index < -0.39 is 6.10 Å². The molecule has 92 valence electrons. The normalized spacial score (nSPS) is 12.8. The lowest BCUT2D eigenvalue weighted by Crippen LogP contribution is -2.14. The molecule has 0 aliphatic carbocycles. The fraction of sp³-hybridized carbons (Fsp3) is 0.400. The lowest BCUT2D eigenvalue weighted by molar-refractivity contribution is 0.113. The number of rotatable bonds is 6. The lowest BCUT2D eigenvalue weighted by atomic mass is 10.4. The molecule has 0 aromatic carbocycles. The van der Waals surface area contributed by atoms with Crippen LogP contribution in [0.25, 0.3) is 10.8 Å². The van der Waals surface area contributed by atoms with Crippen molar-refractivity contribution in [3.63, 3.8) is 0 Å². The maximum atomic E-state index is 9.16. The zero-order valence-corrected chi connectivity index (χ0v) is 10.6. The monoisotopic (exact) mass is 272 g/mol. The van der Waals surface area contributed by atoms with Crippen LogP contribution >= 0.6 is 23.1 Å². The van der Waals surface area contributed by atoms with Gasteiger partial charge in [0.05, 0.1) is 23.3 Å². The third-order valence-corrected chi connectivity index (χ3v) is 3.87. The van der Waals surface area contributed by atoms with Gasteiger partial charge in [0.15, 0.2) is 0 Å². The summed E-state index contributed by atoms with van der Waals surface area (Å²) in [6, 6.07) is 3.85.